The van der Waals surface area contributed by atoms with Gasteiger partial charge in [0, 0.05) is 0 Å². The minimum Gasteiger partial charge on any atom is -0.497 e. The van der Waals surface area contributed by atoms with Crippen LogP contribution in [0.5, 0.6) is 5.75 Å². The van der Waals surface area contributed by atoms with Crippen molar-refractivity contribution in [3.8, 4) is 5.75 Å². The Morgan fingerprint density at radius 2 is 2.07 bits per heavy atom. The average Bonchev–Trinajstić information content (AvgIpc) is 2.37. The highest BCUT2D eigenvalue weighted by atomic mass is 32.2. The molecule has 0 unspecified atom stereocenters. The van der Waals surface area contributed by atoms with Crippen LogP contribution in [0, 0.1) is 0 Å². The number of fused-ring (bicyclic) bond motifs is 1. The van der Waals surface area contributed by atoms with E-state index in [2.05, 4.69) is 0 Å². The third-order valence-electron chi connectivity index (χ3n) is 1.95. The fourth-order valence-corrected chi connectivity index (χ4v) is 2.43. The molecular weight excluding hydrogens is 206 g/mol. The number of hydrogen-bond donors (Lipinski definition) is 1. The van der Waals surface area contributed by atoms with Gasteiger partial charge >= 0.3 is 0 Å². The van der Waals surface area contributed by atoms with Crippen LogP contribution in [0.2, 0.25) is 0 Å². The van der Waals surface area contributed by atoms with Gasteiger partial charge in [-0.25, -0.2) is 13.1 Å². The van der Waals surface area contributed by atoms with E-state index in [-0.39, 0.29) is 10.5 Å². The van der Waals surface area contributed by atoms with Gasteiger partial charge in [-0.05, 0) is 18.2 Å². The fraction of sp³-hybridized carbons (Fsp3) is 0.125. The first kappa shape index (κ1) is 9.01. The Bertz CT molecular complexity index is 506. The fourth-order valence-electron chi connectivity index (χ4n) is 1.28. The lowest BCUT2D eigenvalue weighted by atomic mass is 10.2. The molecule has 14 heavy (non-hydrogen) atoms. The van der Waals surface area contributed by atoms with Gasteiger partial charge in [0.15, 0.2) is 0 Å². The number of sulfonamides is 1. The van der Waals surface area contributed by atoms with Gasteiger partial charge in [0.1, 0.15) is 10.6 Å². The predicted molar refractivity (Wildman–Crippen MR) is 47.6 cm³/mol. The van der Waals surface area contributed by atoms with Crippen LogP contribution in [0.15, 0.2) is 23.1 Å². The van der Waals surface area contributed by atoms with Crippen molar-refractivity contribution < 1.29 is 17.9 Å². The maximum Gasteiger partial charge on any atom is 0.266 e. The summed E-state index contributed by atoms with van der Waals surface area (Å²) in [5.41, 5.74) is 0.129. The minimum absolute atomic E-state index is 0.00306. The van der Waals surface area contributed by atoms with Crippen molar-refractivity contribution in [2.45, 2.75) is 4.90 Å². The van der Waals surface area contributed by atoms with E-state index in [9.17, 15) is 13.2 Å². The molecule has 0 bridgehead atoms. The first-order chi connectivity index (χ1) is 6.54. The van der Waals surface area contributed by atoms with Gasteiger partial charge < -0.3 is 4.74 Å². The molecule has 1 aromatic carbocycles. The first-order valence-electron chi connectivity index (χ1n) is 3.80. The Hall–Kier alpha value is -1.56. The van der Waals surface area contributed by atoms with Gasteiger partial charge in [-0.3, -0.25) is 4.79 Å². The minimum atomic E-state index is -3.63. The maximum absolute atomic E-state index is 11.3. The van der Waals surface area contributed by atoms with Crippen LogP contribution in [0.25, 0.3) is 0 Å². The van der Waals surface area contributed by atoms with Crippen molar-refractivity contribution >= 4 is 15.9 Å². The molecular formula is C8H7NO4S. The average molecular weight is 213 g/mol. The molecule has 74 valence electrons. The van der Waals surface area contributed by atoms with Gasteiger partial charge in [-0.15, -0.1) is 0 Å². The van der Waals surface area contributed by atoms with Crippen LogP contribution in [0.1, 0.15) is 10.4 Å². The monoisotopic (exact) mass is 213 g/mol. The molecule has 0 saturated carbocycles. The summed E-state index contributed by atoms with van der Waals surface area (Å²) in [4.78, 5) is 11.2. The van der Waals surface area contributed by atoms with Gasteiger partial charge in [-0.1, -0.05) is 0 Å². The number of hydrogen-bond acceptors (Lipinski definition) is 4. The number of carbonyl (C=O) groups excluding carboxylic acids is 1. The molecule has 1 N–H and O–H groups in total. The van der Waals surface area contributed by atoms with Crippen molar-refractivity contribution in [2.75, 3.05) is 7.11 Å². The van der Waals surface area contributed by atoms with Crippen molar-refractivity contribution in [1.29, 1.82) is 0 Å². The molecule has 1 heterocycles. The first-order valence-corrected chi connectivity index (χ1v) is 5.28. The molecule has 1 aromatic rings. The van der Waals surface area contributed by atoms with E-state index < -0.39 is 15.9 Å². The Labute approximate surface area is 80.7 Å². The normalized spacial score (nSPS) is 17.4. The third kappa shape index (κ3) is 1.15. The summed E-state index contributed by atoms with van der Waals surface area (Å²) in [6.07, 6.45) is 0. The molecule has 0 radical (unpaired) electrons. The van der Waals surface area contributed by atoms with Crippen molar-refractivity contribution in [1.82, 2.24) is 4.72 Å². The van der Waals surface area contributed by atoms with E-state index in [4.69, 9.17) is 4.74 Å². The zero-order valence-corrected chi connectivity index (χ0v) is 8.09. The lowest BCUT2D eigenvalue weighted by Crippen LogP contribution is -2.20. The van der Waals surface area contributed by atoms with Crippen LogP contribution < -0.4 is 9.46 Å². The second-order valence-electron chi connectivity index (χ2n) is 2.80. The second-order valence-corrected chi connectivity index (χ2v) is 4.45. The second kappa shape index (κ2) is 2.71. The largest absolute Gasteiger partial charge is 0.497 e. The van der Waals surface area contributed by atoms with Crippen molar-refractivity contribution in [3.05, 3.63) is 23.8 Å². The molecule has 1 aliphatic heterocycles. The van der Waals surface area contributed by atoms with Gasteiger partial charge in [-0.2, -0.15) is 0 Å². The summed E-state index contributed by atoms with van der Waals surface area (Å²) in [6, 6.07) is 4.24. The molecule has 0 spiro atoms. The van der Waals surface area contributed by atoms with Crippen LogP contribution in [0.4, 0.5) is 0 Å². The molecule has 1 aliphatic rings. The van der Waals surface area contributed by atoms with Crippen molar-refractivity contribution in [3.63, 3.8) is 0 Å². The van der Waals surface area contributed by atoms with Crippen LogP contribution >= 0.6 is 0 Å². The quantitative estimate of drug-likeness (QED) is 0.719. The molecule has 5 nitrogen and oxygen atoms in total. The molecule has 6 heteroatoms. The number of ether oxygens (including phenoxy) is 1. The number of carbonyl (C=O) groups is 1. The Kier molecular flexibility index (Phi) is 1.75. The van der Waals surface area contributed by atoms with E-state index in [1.807, 2.05) is 4.72 Å². The van der Waals surface area contributed by atoms with Crippen molar-refractivity contribution in [2.24, 2.45) is 0 Å². The van der Waals surface area contributed by atoms with E-state index in [1.54, 1.807) is 0 Å². The number of amides is 1. The van der Waals surface area contributed by atoms with E-state index >= 15 is 0 Å². The summed E-state index contributed by atoms with van der Waals surface area (Å²) in [5, 5.41) is 0. The maximum atomic E-state index is 11.3. The standard InChI is InChI=1S/C8H7NO4S/c1-13-5-2-3-7-6(4-5)8(10)9-14(7,11)12/h2-4H,1H3,(H,9,10). The zero-order valence-electron chi connectivity index (χ0n) is 7.27. The Morgan fingerprint density at radius 1 is 1.36 bits per heavy atom. The summed E-state index contributed by atoms with van der Waals surface area (Å²) >= 11 is 0. The van der Waals surface area contributed by atoms with E-state index in [1.165, 1.54) is 25.3 Å². The number of rotatable bonds is 1. The molecule has 0 aromatic heterocycles. The number of methoxy groups -OCH3 is 1. The summed E-state index contributed by atoms with van der Waals surface area (Å²) < 4.78 is 29.3. The predicted octanol–water partition coefficient (Wildman–Crippen LogP) is 0.127. The molecule has 0 aliphatic carbocycles. The zero-order chi connectivity index (χ0) is 10.3. The lowest BCUT2D eigenvalue weighted by molar-refractivity contribution is 0.0985. The van der Waals surface area contributed by atoms with Gasteiger partial charge in [0.05, 0.1) is 12.7 Å². The Balaban J connectivity index is 2.70. The van der Waals surface area contributed by atoms with Crippen LogP contribution in [-0.4, -0.2) is 21.4 Å². The summed E-state index contributed by atoms with van der Waals surface area (Å²) in [7, 11) is -2.19. The smallest absolute Gasteiger partial charge is 0.266 e. The van der Waals surface area contributed by atoms with Crippen LogP contribution in [-0.2, 0) is 10.0 Å². The topological polar surface area (TPSA) is 72.5 Å². The van der Waals surface area contributed by atoms with E-state index in [0.717, 1.165) is 0 Å². The molecule has 1 amide bonds. The van der Waals surface area contributed by atoms with Gasteiger partial charge in [0.2, 0.25) is 0 Å². The summed E-state index contributed by atoms with van der Waals surface area (Å²) in [5.74, 6) is -0.157. The van der Waals surface area contributed by atoms with Crippen LogP contribution in [0.3, 0.4) is 0 Å². The van der Waals surface area contributed by atoms with Gasteiger partial charge in [0.25, 0.3) is 15.9 Å². The highest BCUT2D eigenvalue weighted by Gasteiger charge is 2.32. The number of benzene rings is 1. The molecule has 0 saturated heterocycles. The lowest BCUT2D eigenvalue weighted by Gasteiger charge is -1.99. The SMILES string of the molecule is COc1ccc2c(c1)C(=O)NS2(=O)=O. The Morgan fingerprint density at radius 3 is 2.71 bits per heavy atom. The third-order valence-corrected chi connectivity index (χ3v) is 3.34. The number of nitrogens with one attached hydrogen (secondary N) is 1. The van der Waals surface area contributed by atoms with E-state index in [0.29, 0.717) is 5.75 Å². The highest BCUT2D eigenvalue weighted by Crippen LogP contribution is 2.25. The highest BCUT2D eigenvalue weighted by molar-refractivity contribution is 7.90. The molecule has 0 fully saturated rings. The molecule has 0 atom stereocenters. The summed E-state index contributed by atoms with van der Waals surface area (Å²) in [6.45, 7) is 0. The molecule has 2 rings (SSSR count).